The van der Waals surface area contributed by atoms with E-state index in [4.69, 9.17) is 4.74 Å². The molecule has 0 spiro atoms. The molecule has 0 aliphatic carbocycles. The van der Waals surface area contributed by atoms with Crippen LogP contribution >= 0.6 is 0 Å². The molecule has 1 heterocycles. The number of hydrogen-bond acceptors (Lipinski definition) is 3. The highest BCUT2D eigenvalue weighted by atomic mass is 19.1. The Hall–Kier alpha value is -2.24. The summed E-state index contributed by atoms with van der Waals surface area (Å²) in [5.74, 6) is -0.643. The van der Waals surface area contributed by atoms with E-state index in [1.165, 1.54) is 24.3 Å². The van der Waals surface area contributed by atoms with Crippen LogP contribution in [0.15, 0.2) is 48.5 Å². The number of halogens is 1. The third kappa shape index (κ3) is 3.57. The summed E-state index contributed by atoms with van der Waals surface area (Å²) in [5, 5.41) is 12.8. The molecule has 1 aliphatic heterocycles. The van der Waals surface area contributed by atoms with E-state index in [1.807, 2.05) is 24.3 Å². The number of carbonyl (C=O) groups excluding carboxylic acids is 1. The lowest BCUT2D eigenvalue weighted by molar-refractivity contribution is -0.134. The average Bonchev–Trinajstić information content (AvgIpc) is 2.59. The zero-order valence-electron chi connectivity index (χ0n) is 12.5. The van der Waals surface area contributed by atoms with Crippen LogP contribution in [0.1, 0.15) is 28.9 Å². The minimum atomic E-state index is -0.890. The standard InChI is InChI=1S/C18H18FNO3/c19-14-7-5-13(6-8-14)16(21)11-20-18(22)17-15-4-2-1-3-12(15)9-10-23-17/h1-8,16-17,21H,9-11H2,(H,20,22). The maximum Gasteiger partial charge on any atom is 0.253 e. The molecule has 2 aromatic rings. The Morgan fingerprint density at radius 2 is 2.00 bits per heavy atom. The smallest absolute Gasteiger partial charge is 0.253 e. The molecule has 2 N–H and O–H groups in total. The number of aliphatic hydroxyl groups is 1. The van der Waals surface area contributed by atoms with Crippen molar-refractivity contribution in [2.45, 2.75) is 18.6 Å². The minimum Gasteiger partial charge on any atom is -0.387 e. The Morgan fingerprint density at radius 3 is 2.78 bits per heavy atom. The van der Waals surface area contributed by atoms with Crippen LogP contribution in [0, 0.1) is 5.82 Å². The molecule has 2 atom stereocenters. The number of carbonyl (C=O) groups is 1. The van der Waals surface area contributed by atoms with Crippen molar-refractivity contribution in [2.75, 3.05) is 13.2 Å². The van der Waals surface area contributed by atoms with Crippen molar-refractivity contribution in [1.82, 2.24) is 5.32 Å². The predicted molar refractivity (Wildman–Crippen MR) is 83.2 cm³/mol. The third-order valence-electron chi connectivity index (χ3n) is 3.96. The van der Waals surface area contributed by atoms with Crippen LogP contribution < -0.4 is 5.32 Å². The Labute approximate surface area is 133 Å². The Bertz CT molecular complexity index is 687. The molecular weight excluding hydrogens is 297 g/mol. The number of benzene rings is 2. The van der Waals surface area contributed by atoms with Gasteiger partial charge in [-0.05, 0) is 35.2 Å². The van der Waals surface area contributed by atoms with Crippen LogP contribution in [0.2, 0.25) is 0 Å². The molecule has 3 rings (SSSR count). The van der Waals surface area contributed by atoms with Crippen LogP contribution in [0.3, 0.4) is 0 Å². The van der Waals surface area contributed by atoms with E-state index < -0.39 is 12.2 Å². The van der Waals surface area contributed by atoms with Gasteiger partial charge in [0.15, 0.2) is 6.10 Å². The summed E-state index contributed by atoms with van der Waals surface area (Å²) in [6.07, 6.45) is -0.753. The normalized spacial score (nSPS) is 18.1. The lowest BCUT2D eigenvalue weighted by atomic mass is 9.97. The lowest BCUT2D eigenvalue weighted by Crippen LogP contribution is -2.36. The first-order chi connectivity index (χ1) is 11.1. The van der Waals surface area contributed by atoms with E-state index in [0.29, 0.717) is 12.2 Å². The number of rotatable bonds is 4. The molecule has 2 aromatic carbocycles. The molecule has 1 amide bonds. The van der Waals surface area contributed by atoms with E-state index in [-0.39, 0.29) is 18.3 Å². The molecule has 1 aliphatic rings. The van der Waals surface area contributed by atoms with Gasteiger partial charge in [-0.2, -0.15) is 0 Å². The molecule has 4 nitrogen and oxygen atoms in total. The van der Waals surface area contributed by atoms with Gasteiger partial charge in [-0.15, -0.1) is 0 Å². The second kappa shape index (κ2) is 6.89. The van der Waals surface area contributed by atoms with Gasteiger partial charge in [0.25, 0.3) is 5.91 Å². The van der Waals surface area contributed by atoms with Crippen molar-refractivity contribution in [3.8, 4) is 0 Å². The Morgan fingerprint density at radius 1 is 1.26 bits per heavy atom. The predicted octanol–water partition coefficient (Wildman–Crippen LogP) is 2.29. The highest BCUT2D eigenvalue weighted by Crippen LogP contribution is 2.27. The Balaban J connectivity index is 1.63. The molecule has 0 saturated carbocycles. The number of amides is 1. The largest absolute Gasteiger partial charge is 0.387 e. The number of hydrogen-bond donors (Lipinski definition) is 2. The third-order valence-corrected chi connectivity index (χ3v) is 3.96. The van der Waals surface area contributed by atoms with E-state index in [0.717, 1.165) is 17.5 Å². The van der Waals surface area contributed by atoms with Gasteiger partial charge < -0.3 is 15.2 Å². The lowest BCUT2D eigenvalue weighted by Gasteiger charge is -2.25. The van der Waals surface area contributed by atoms with Crippen molar-refractivity contribution in [1.29, 1.82) is 0 Å². The van der Waals surface area contributed by atoms with Crippen molar-refractivity contribution in [2.24, 2.45) is 0 Å². The van der Waals surface area contributed by atoms with E-state index in [9.17, 15) is 14.3 Å². The van der Waals surface area contributed by atoms with Crippen molar-refractivity contribution >= 4 is 5.91 Å². The quantitative estimate of drug-likeness (QED) is 0.910. The van der Waals surface area contributed by atoms with Gasteiger partial charge in [-0.3, -0.25) is 4.79 Å². The molecule has 0 radical (unpaired) electrons. The second-order valence-corrected chi connectivity index (χ2v) is 5.51. The molecule has 0 aromatic heterocycles. The number of ether oxygens (including phenoxy) is 1. The van der Waals surface area contributed by atoms with E-state index >= 15 is 0 Å². The van der Waals surface area contributed by atoms with Crippen molar-refractivity contribution in [3.05, 3.63) is 71.0 Å². The maximum absolute atomic E-state index is 12.9. The van der Waals surface area contributed by atoms with Gasteiger partial charge in [0, 0.05) is 6.54 Å². The fourth-order valence-corrected chi connectivity index (χ4v) is 2.70. The highest BCUT2D eigenvalue weighted by molar-refractivity contribution is 5.82. The first-order valence-electron chi connectivity index (χ1n) is 7.56. The summed E-state index contributed by atoms with van der Waals surface area (Å²) >= 11 is 0. The van der Waals surface area contributed by atoms with Gasteiger partial charge in [-0.25, -0.2) is 4.39 Å². The van der Waals surface area contributed by atoms with Gasteiger partial charge in [-0.1, -0.05) is 36.4 Å². The van der Waals surface area contributed by atoms with Gasteiger partial charge >= 0.3 is 0 Å². The first-order valence-corrected chi connectivity index (χ1v) is 7.56. The summed E-state index contributed by atoms with van der Waals surface area (Å²) in [7, 11) is 0. The molecule has 0 fully saturated rings. The molecule has 0 bridgehead atoms. The zero-order valence-corrected chi connectivity index (χ0v) is 12.5. The molecule has 5 heteroatoms. The molecule has 2 unspecified atom stereocenters. The van der Waals surface area contributed by atoms with Crippen LogP contribution in [0.25, 0.3) is 0 Å². The highest BCUT2D eigenvalue weighted by Gasteiger charge is 2.27. The van der Waals surface area contributed by atoms with Crippen LogP contribution in [-0.4, -0.2) is 24.2 Å². The van der Waals surface area contributed by atoms with E-state index in [2.05, 4.69) is 5.32 Å². The SMILES string of the molecule is O=C(NCC(O)c1ccc(F)cc1)C1OCCc2ccccc21. The average molecular weight is 315 g/mol. The summed E-state index contributed by atoms with van der Waals surface area (Å²) in [4.78, 5) is 12.3. The fraction of sp³-hybridized carbons (Fsp3) is 0.278. The topological polar surface area (TPSA) is 58.6 Å². The second-order valence-electron chi connectivity index (χ2n) is 5.51. The molecule has 23 heavy (non-hydrogen) atoms. The van der Waals surface area contributed by atoms with Crippen LogP contribution in [0.5, 0.6) is 0 Å². The summed E-state index contributed by atoms with van der Waals surface area (Å²) < 4.78 is 18.5. The molecular formula is C18H18FNO3. The molecule has 120 valence electrons. The van der Waals surface area contributed by atoms with Crippen LogP contribution in [0.4, 0.5) is 4.39 Å². The van der Waals surface area contributed by atoms with Gasteiger partial charge in [0.2, 0.25) is 0 Å². The van der Waals surface area contributed by atoms with Crippen molar-refractivity contribution < 1.29 is 19.0 Å². The zero-order chi connectivity index (χ0) is 16.2. The Kier molecular flexibility index (Phi) is 4.69. The fourth-order valence-electron chi connectivity index (χ4n) is 2.70. The number of nitrogens with one attached hydrogen (secondary N) is 1. The summed E-state index contributed by atoms with van der Waals surface area (Å²) in [6.45, 7) is 0.544. The first kappa shape index (κ1) is 15.6. The summed E-state index contributed by atoms with van der Waals surface area (Å²) in [6, 6.07) is 13.2. The van der Waals surface area contributed by atoms with Crippen LogP contribution in [-0.2, 0) is 16.0 Å². The number of aliphatic hydroxyl groups excluding tert-OH is 1. The minimum absolute atomic E-state index is 0.0481. The van der Waals surface area contributed by atoms with Gasteiger partial charge in [0.05, 0.1) is 12.7 Å². The number of fused-ring (bicyclic) bond motifs is 1. The molecule has 0 saturated heterocycles. The van der Waals surface area contributed by atoms with Crippen molar-refractivity contribution in [3.63, 3.8) is 0 Å². The van der Waals surface area contributed by atoms with Gasteiger partial charge in [0.1, 0.15) is 5.82 Å². The van der Waals surface area contributed by atoms with E-state index in [1.54, 1.807) is 0 Å². The summed E-state index contributed by atoms with van der Waals surface area (Å²) in [5.41, 5.74) is 2.53. The maximum atomic E-state index is 12.9. The monoisotopic (exact) mass is 315 g/mol.